The maximum absolute atomic E-state index is 6.13. The van der Waals surface area contributed by atoms with Gasteiger partial charge >= 0.3 is 7.48 Å². The molecular formula is C17H28BO2. The molecular weight excluding hydrogens is 247 g/mol. The van der Waals surface area contributed by atoms with Gasteiger partial charge in [0.15, 0.2) is 0 Å². The quantitative estimate of drug-likeness (QED) is 0.502. The van der Waals surface area contributed by atoms with E-state index in [9.17, 15) is 0 Å². The molecule has 0 saturated carbocycles. The first-order valence-electron chi connectivity index (χ1n) is 7.72. The highest BCUT2D eigenvalue weighted by Crippen LogP contribution is 2.24. The van der Waals surface area contributed by atoms with Crippen molar-refractivity contribution in [3.05, 3.63) is 23.3 Å². The highest BCUT2D eigenvalue weighted by Gasteiger charge is 2.11. The maximum atomic E-state index is 6.13. The Morgan fingerprint density at radius 2 is 1.75 bits per heavy atom. The van der Waals surface area contributed by atoms with E-state index in [4.69, 9.17) is 9.39 Å². The Balaban J connectivity index is 2.58. The molecule has 1 aromatic carbocycles. The zero-order chi connectivity index (χ0) is 15.0. The van der Waals surface area contributed by atoms with Crippen molar-refractivity contribution in [2.24, 2.45) is 0 Å². The van der Waals surface area contributed by atoms with Crippen LogP contribution in [0.25, 0.3) is 0 Å². The van der Waals surface area contributed by atoms with Gasteiger partial charge in [0.1, 0.15) is 5.75 Å². The third-order valence-corrected chi connectivity index (χ3v) is 3.52. The molecule has 0 heterocycles. The fraction of sp³-hybridized carbons (Fsp3) is 0.647. The second-order valence-corrected chi connectivity index (χ2v) is 5.62. The lowest BCUT2D eigenvalue weighted by molar-refractivity contribution is 0.204. The van der Waals surface area contributed by atoms with E-state index in [-0.39, 0.29) is 6.10 Å². The fourth-order valence-electron chi connectivity index (χ4n) is 2.49. The van der Waals surface area contributed by atoms with Crippen LogP contribution in [0.4, 0.5) is 0 Å². The lowest BCUT2D eigenvalue weighted by Crippen LogP contribution is -2.19. The van der Waals surface area contributed by atoms with Crippen molar-refractivity contribution in [2.75, 3.05) is 7.11 Å². The van der Waals surface area contributed by atoms with Gasteiger partial charge in [-0.1, -0.05) is 43.8 Å². The van der Waals surface area contributed by atoms with Crippen LogP contribution in [0.5, 0.6) is 5.75 Å². The van der Waals surface area contributed by atoms with E-state index < -0.39 is 0 Å². The summed E-state index contributed by atoms with van der Waals surface area (Å²) in [6.45, 7) is 8.60. The first kappa shape index (κ1) is 17.1. The molecule has 1 atom stereocenters. The molecule has 0 amide bonds. The number of ether oxygens (including phenoxy) is 1. The van der Waals surface area contributed by atoms with Gasteiger partial charge in [-0.05, 0) is 44.7 Å². The minimum atomic E-state index is 0.279. The van der Waals surface area contributed by atoms with Gasteiger partial charge in [-0.15, -0.1) is 0 Å². The molecule has 0 aliphatic rings. The predicted molar refractivity (Wildman–Crippen MR) is 87.2 cm³/mol. The zero-order valence-electron chi connectivity index (χ0n) is 13.7. The molecule has 20 heavy (non-hydrogen) atoms. The molecule has 3 heteroatoms. The molecule has 1 unspecified atom stereocenters. The van der Waals surface area contributed by atoms with Gasteiger partial charge in [-0.3, -0.25) is 0 Å². The first-order valence-corrected chi connectivity index (χ1v) is 7.72. The van der Waals surface area contributed by atoms with Gasteiger partial charge in [0.05, 0.1) is 6.10 Å². The standard InChI is InChI=1S/C17H28BO2/c1-6-7-8-9-10-15(4)20-17-13(2)11-16(18-19-5)12-14(17)3/h11-12,15H,6-10H2,1-5H3. The minimum absolute atomic E-state index is 0.279. The van der Waals surface area contributed by atoms with E-state index >= 15 is 0 Å². The summed E-state index contributed by atoms with van der Waals surface area (Å²) >= 11 is 0. The lowest BCUT2D eigenvalue weighted by atomic mass is 9.85. The van der Waals surface area contributed by atoms with Crippen LogP contribution in [0.1, 0.15) is 57.1 Å². The average Bonchev–Trinajstić information content (AvgIpc) is 2.39. The summed E-state index contributed by atoms with van der Waals surface area (Å²) in [4.78, 5) is 0. The summed E-state index contributed by atoms with van der Waals surface area (Å²) < 4.78 is 11.2. The summed E-state index contributed by atoms with van der Waals surface area (Å²) in [5, 5.41) is 0. The molecule has 0 aromatic heterocycles. The van der Waals surface area contributed by atoms with Crippen molar-refractivity contribution in [3.8, 4) is 5.75 Å². The molecule has 1 aromatic rings. The molecule has 111 valence electrons. The Kier molecular flexibility index (Phi) is 7.75. The van der Waals surface area contributed by atoms with E-state index in [0.717, 1.165) is 17.6 Å². The molecule has 0 N–H and O–H groups in total. The summed E-state index contributed by atoms with van der Waals surface area (Å²) in [6.07, 6.45) is 6.58. The van der Waals surface area contributed by atoms with Gasteiger partial charge in [0, 0.05) is 7.11 Å². The van der Waals surface area contributed by atoms with Gasteiger partial charge in [-0.2, -0.15) is 0 Å². The lowest BCUT2D eigenvalue weighted by Gasteiger charge is -2.19. The number of hydrogen-bond donors (Lipinski definition) is 0. The van der Waals surface area contributed by atoms with Gasteiger partial charge in [-0.25, -0.2) is 0 Å². The van der Waals surface area contributed by atoms with Gasteiger partial charge in [0.25, 0.3) is 0 Å². The summed E-state index contributed by atoms with van der Waals surface area (Å²) in [7, 11) is 3.44. The second kappa shape index (κ2) is 9.07. The largest absolute Gasteiger partial charge is 0.490 e. The Morgan fingerprint density at radius 1 is 1.10 bits per heavy atom. The van der Waals surface area contributed by atoms with Crippen LogP contribution >= 0.6 is 0 Å². The Morgan fingerprint density at radius 3 is 2.30 bits per heavy atom. The molecule has 2 nitrogen and oxygen atoms in total. The van der Waals surface area contributed by atoms with Crippen LogP contribution < -0.4 is 10.2 Å². The van der Waals surface area contributed by atoms with E-state index in [0.29, 0.717) is 0 Å². The van der Waals surface area contributed by atoms with Crippen LogP contribution in [0.15, 0.2) is 12.1 Å². The van der Waals surface area contributed by atoms with Crippen LogP contribution in [0, 0.1) is 13.8 Å². The molecule has 0 aliphatic heterocycles. The number of benzene rings is 1. The minimum Gasteiger partial charge on any atom is -0.490 e. The predicted octanol–water partition coefficient (Wildman–Crippen LogP) is 3.93. The van der Waals surface area contributed by atoms with E-state index in [1.165, 1.54) is 36.8 Å². The van der Waals surface area contributed by atoms with Crippen LogP contribution in [-0.4, -0.2) is 20.7 Å². The van der Waals surface area contributed by atoms with E-state index in [1.54, 1.807) is 14.6 Å². The van der Waals surface area contributed by atoms with Crippen LogP contribution in [0.3, 0.4) is 0 Å². The van der Waals surface area contributed by atoms with Crippen LogP contribution in [0.2, 0.25) is 0 Å². The van der Waals surface area contributed by atoms with Crippen molar-refractivity contribution in [1.82, 2.24) is 0 Å². The van der Waals surface area contributed by atoms with Crippen molar-refractivity contribution in [3.63, 3.8) is 0 Å². The van der Waals surface area contributed by atoms with Gasteiger partial charge in [0.2, 0.25) is 0 Å². The molecule has 0 aliphatic carbocycles. The number of aryl methyl sites for hydroxylation is 2. The van der Waals surface area contributed by atoms with Gasteiger partial charge < -0.3 is 9.39 Å². The average molecular weight is 275 g/mol. The first-order chi connectivity index (χ1) is 9.58. The second-order valence-electron chi connectivity index (χ2n) is 5.62. The number of hydrogen-bond acceptors (Lipinski definition) is 2. The maximum Gasteiger partial charge on any atom is 0.329 e. The van der Waals surface area contributed by atoms with Crippen LogP contribution in [-0.2, 0) is 4.65 Å². The SMILES string of the molecule is CCCCCCC(C)Oc1c(C)cc([B]OC)cc1C. The third kappa shape index (κ3) is 5.58. The van der Waals surface area contributed by atoms with E-state index in [2.05, 4.69) is 39.8 Å². The molecule has 0 fully saturated rings. The molecule has 0 spiro atoms. The highest BCUT2D eigenvalue weighted by atomic mass is 16.5. The number of unbranched alkanes of at least 4 members (excludes halogenated alkanes) is 3. The Bertz CT molecular complexity index is 381. The molecule has 1 rings (SSSR count). The summed E-state index contributed by atoms with van der Waals surface area (Å²) in [6, 6.07) is 4.21. The Hall–Kier alpha value is -0.955. The highest BCUT2D eigenvalue weighted by molar-refractivity contribution is 6.46. The fourth-order valence-corrected chi connectivity index (χ4v) is 2.49. The third-order valence-electron chi connectivity index (χ3n) is 3.52. The Labute approximate surface area is 125 Å². The molecule has 0 saturated heterocycles. The zero-order valence-corrected chi connectivity index (χ0v) is 13.7. The number of rotatable bonds is 9. The monoisotopic (exact) mass is 275 g/mol. The molecule has 0 bridgehead atoms. The summed E-state index contributed by atoms with van der Waals surface area (Å²) in [5.41, 5.74) is 3.44. The van der Waals surface area contributed by atoms with Crippen molar-refractivity contribution in [2.45, 2.75) is 65.9 Å². The smallest absolute Gasteiger partial charge is 0.329 e. The van der Waals surface area contributed by atoms with Crippen molar-refractivity contribution >= 4 is 12.9 Å². The topological polar surface area (TPSA) is 18.5 Å². The van der Waals surface area contributed by atoms with Crippen molar-refractivity contribution in [1.29, 1.82) is 0 Å². The van der Waals surface area contributed by atoms with Crippen molar-refractivity contribution < 1.29 is 9.39 Å². The van der Waals surface area contributed by atoms with E-state index in [1.807, 2.05) is 0 Å². The molecule has 1 radical (unpaired) electrons. The normalized spacial score (nSPS) is 12.2. The summed E-state index contributed by atoms with van der Waals surface area (Å²) in [5.74, 6) is 1.03.